The molecular formula is C14H26F3N. The molecule has 108 valence electrons. The van der Waals surface area contributed by atoms with E-state index in [1.165, 1.54) is 12.8 Å². The number of rotatable bonds is 5. The van der Waals surface area contributed by atoms with Gasteiger partial charge < -0.3 is 5.32 Å². The third-order valence-electron chi connectivity index (χ3n) is 4.30. The molecule has 4 heteroatoms. The minimum Gasteiger partial charge on any atom is -0.317 e. The molecule has 1 aliphatic carbocycles. The van der Waals surface area contributed by atoms with Crippen LogP contribution in [0.3, 0.4) is 0 Å². The van der Waals surface area contributed by atoms with Crippen molar-refractivity contribution in [1.82, 2.24) is 5.32 Å². The molecule has 0 aromatic heterocycles. The fraction of sp³-hybridized carbons (Fsp3) is 1.00. The molecule has 1 N–H and O–H groups in total. The lowest BCUT2D eigenvalue weighted by molar-refractivity contribution is -0.136. The first-order chi connectivity index (χ1) is 8.23. The van der Waals surface area contributed by atoms with Gasteiger partial charge in [-0.15, -0.1) is 0 Å². The summed E-state index contributed by atoms with van der Waals surface area (Å²) in [6, 6.07) is 0.253. The van der Waals surface area contributed by atoms with Crippen molar-refractivity contribution in [2.24, 2.45) is 11.3 Å². The van der Waals surface area contributed by atoms with E-state index in [1.807, 2.05) is 7.05 Å². The molecule has 0 amide bonds. The Balaban J connectivity index is 2.33. The fourth-order valence-electron chi connectivity index (χ4n) is 2.96. The molecule has 0 spiro atoms. The topological polar surface area (TPSA) is 12.0 Å². The fourth-order valence-corrected chi connectivity index (χ4v) is 2.96. The summed E-state index contributed by atoms with van der Waals surface area (Å²) in [6.45, 7) is 4.56. The summed E-state index contributed by atoms with van der Waals surface area (Å²) in [7, 11) is 1.87. The van der Waals surface area contributed by atoms with Crippen molar-refractivity contribution in [3.63, 3.8) is 0 Å². The summed E-state index contributed by atoms with van der Waals surface area (Å²) in [5.41, 5.74) is 0.417. The van der Waals surface area contributed by atoms with E-state index in [0.29, 0.717) is 17.8 Å². The monoisotopic (exact) mass is 265 g/mol. The lowest BCUT2D eigenvalue weighted by Crippen LogP contribution is -2.37. The summed E-state index contributed by atoms with van der Waals surface area (Å²) in [4.78, 5) is 0. The Morgan fingerprint density at radius 3 is 2.22 bits per heavy atom. The van der Waals surface area contributed by atoms with Gasteiger partial charge in [-0.2, -0.15) is 13.2 Å². The molecule has 0 aromatic rings. The van der Waals surface area contributed by atoms with Crippen molar-refractivity contribution >= 4 is 0 Å². The first-order valence-corrected chi connectivity index (χ1v) is 6.97. The summed E-state index contributed by atoms with van der Waals surface area (Å²) >= 11 is 0. The maximum absolute atomic E-state index is 12.1. The normalized spacial score (nSPS) is 23.0. The maximum atomic E-state index is 12.1. The van der Waals surface area contributed by atoms with Gasteiger partial charge in [-0.05, 0) is 56.9 Å². The highest BCUT2D eigenvalue weighted by Crippen LogP contribution is 2.40. The average Bonchev–Trinajstić information content (AvgIpc) is 2.24. The molecule has 1 atom stereocenters. The van der Waals surface area contributed by atoms with Gasteiger partial charge in [0.15, 0.2) is 0 Å². The van der Waals surface area contributed by atoms with Crippen molar-refractivity contribution in [3.8, 4) is 0 Å². The number of hydrogen-bond donors (Lipinski definition) is 1. The molecule has 0 bridgehead atoms. The molecule has 0 aliphatic heterocycles. The molecular weight excluding hydrogens is 239 g/mol. The van der Waals surface area contributed by atoms with E-state index in [-0.39, 0.29) is 12.5 Å². The van der Waals surface area contributed by atoms with Crippen molar-refractivity contribution in [2.45, 2.75) is 71.0 Å². The van der Waals surface area contributed by atoms with Gasteiger partial charge >= 0.3 is 6.18 Å². The van der Waals surface area contributed by atoms with Gasteiger partial charge in [0.2, 0.25) is 0 Å². The van der Waals surface area contributed by atoms with E-state index < -0.39 is 12.6 Å². The van der Waals surface area contributed by atoms with Crippen molar-refractivity contribution < 1.29 is 13.2 Å². The Morgan fingerprint density at radius 2 is 1.78 bits per heavy atom. The number of nitrogens with one attached hydrogen (secondary N) is 1. The van der Waals surface area contributed by atoms with Gasteiger partial charge in [0.25, 0.3) is 0 Å². The maximum Gasteiger partial charge on any atom is 0.389 e. The first kappa shape index (κ1) is 15.8. The van der Waals surface area contributed by atoms with Crippen molar-refractivity contribution in [3.05, 3.63) is 0 Å². The van der Waals surface area contributed by atoms with Crippen molar-refractivity contribution in [2.75, 3.05) is 7.05 Å². The number of alkyl halides is 3. The molecule has 0 radical (unpaired) electrons. The smallest absolute Gasteiger partial charge is 0.317 e. The highest BCUT2D eigenvalue weighted by Gasteiger charge is 2.32. The minimum absolute atomic E-state index is 0.245. The summed E-state index contributed by atoms with van der Waals surface area (Å²) in [5, 5.41) is 3.22. The molecule has 18 heavy (non-hydrogen) atoms. The van der Waals surface area contributed by atoms with Crippen LogP contribution in [0.1, 0.15) is 58.8 Å². The van der Waals surface area contributed by atoms with Crippen LogP contribution in [0, 0.1) is 11.3 Å². The van der Waals surface area contributed by atoms with Crippen LogP contribution in [0.5, 0.6) is 0 Å². The molecule has 1 unspecified atom stereocenters. The Kier molecular flexibility index (Phi) is 5.50. The van der Waals surface area contributed by atoms with Crippen LogP contribution in [-0.2, 0) is 0 Å². The van der Waals surface area contributed by atoms with Crippen molar-refractivity contribution in [1.29, 1.82) is 0 Å². The lowest BCUT2D eigenvalue weighted by atomic mass is 9.70. The van der Waals surface area contributed by atoms with E-state index in [9.17, 15) is 13.2 Å². The summed E-state index contributed by atoms with van der Waals surface area (Å²) in [5.74, 6) is 0.552. The van der Waals surface area contributed by atoms with Crippen LogP contribution in [0.15, 0.2) is 0 Å². The second kappa shape index (κ2) is 6.27. The van der Waals surface area contributed by atoms with E-state index >= 15 is 0 Å². The third-order valence-corrected chi connectivity index (χ3v) is 4.30. The van der Waals surface area contributed by atoms with Gasteiger partial charge in [-0.25, -0.2) is 0 Å². The van der Waals surface area contributed by atoms with E-state index in [2.05, 4.69) is 19.2 Å². The van der Waals surface area contributed by atoms with Crippen LogP contribution in [0.4, 0.5) is 13.2 Å². The van der Waals surface area contributed by atoms with Gasteiger partial charge in [0.1, 0.15) is 0 Å². The Morgan fingerprint density at radius 1 is 1.22 bits per heavy atom. The predicted molar refractivity (Wildman–Crippen MR) is 68.5 cm³/mol. The van der Waals surface area contributed by atoms with Crippen LogP contribution < -0.4 is 5.32 Å². The minimum atomic E-state index is -4.01. The Labute approximate surface area is 109 Å². The average molecular weight is 265 g/mol. The second-order valence-corrected chi connectivity index (χ2v) is 6.40. The predicted octanol–water partition coefficient (Wildman–Crippen LogP) is 4.52. The van der Waals surface area contributed by atoms with E-state index in [1.54, 1.807) is 0 Å². The van der Waals surface area contributed by atoms with E-state index in [0.717, 1.165) is 12.8 Å². The Hall–Kier alpha value is -0.250. The van der Waals surface area contributed by atoms with Crippen LogP contribution in [0.25, 0.3) is 0 Å². The lowest BCUT2D eigenvalue weighted by Gasteiger charge is -2.38. The number of halogens is 3. The van der Waals surface area contributed by atoms with Crippen LogP contribution in [-0.4, -0.2) is 19.3 Å². The largest absolute Gasteiger partial charge is 0.389 e. The molecule has 0 aromatic carbocycles. The van der Waals surface area contributed by atoms with Gasteiger partial charge in [0, 0.05) is 12.5 Å². The van der Waals surface area contributed by atoms with Gasteiger partial charge in [0.05, 0.1) is 0 Å². The molecule has 0 heterocycles. The zero-order valence-corrected chi connectivity index (χ0v) is 11.7. The molecule has 1 fully saturated rings. The highest BCUT2D eigenvalue weighted by atomic mass is 19.4. The van der Waals surface area contributed by atoms with Gasteiger partial charge in [-0.1, -0.05) is 13.8 Å². The van der Waals surface area contributed by atoms with Crippen LogP contribution >= 0.6 is 0 Å². The standard InChI is InChI=1S/C14H26F3N/c1-13(2)9-6-11(7-10-13)12(18-3)5-4-8-14(15,16)17/h11-12,18H,4-10H2,1-3H3. The summed E-state index contributed by atoms with van der Waals surface area (Å²) in [6.07, 6.45) is 0.894. The van der Waals surface area contributed by atoms with E-state index in [4.69, 9.17) is 0 Å². The zero-order valence-electron chi connectivity index (χ0n) is 11.7. The quantitative estimate of drug-likeness (QED) is 0.770. The zero-order chi connectivity index (χ0) is 13.8. The molecule has 1 aliphatic rings. The SMILES string of the molecule is CNC(CCCC(F)(F)F)C1CCC(C)(C)CC1. The Bertz CT molecular complexity index is 238. The van der Waals surface area contributed by atoms with Gasteiger partial charge in [-0.3, -0.25) is 0 Å². The highest BCUT2D eigenvalue weighted by molar-refractivity contribution is 4.84. The first-order valence-electron chi connectivity index (χ1n) is 6.97. The molecule has 1 rings (SSSR count). The third kappa shape index (κ3) is 5.59. The molecule has 0 saturated heterocycles. The molecule has 1 saturated carbocycles. The van der Waals surface area contributed by atoms with Crippen LogP contribution in [0.2, 0.25) is 0 Å². The summed E-state index contributed by atoms with van der Waals surface area (Å²) < 4.78 is 36.4. The second-order valence-electron chi connectivity index (χ2n) is 6.40. The number of hydrogen-bond acceptors (Lipinski definition) is 1. The molecule has 1 nitrogen and oxygen atoms in total.